The van der Waals surface area contributed by atoms with E-state index in [0.717, 1.165) is 45.5 Å². The van der Waals surface area contributed by atoms with Crippen molar-refractivity contribution < 1.29 is 19.1 Å². The average molecular weight is 396 g/mol. The molecule has 0 aliphatic heterocycles. The molecule has 2 fully saturated rings. The van der Waals surface area contributed by atoms with Crippen LogP contribution in [0.15, 0.2) is 0 Å². The van der Waals surface area contributed by atoms with Crippen molar-refractivity contribution in [1.29, 1.82) is 0 Å². The highest BCUT2D eigenvalue weighted by Crippen LogP contribution is 2.29. The molecule has 2 aliphatic rings. The first-order valence-corrected chi connectivity index (χ1v) is 11.5. The molecule has 2 rings (SSSR count). The Labute approximate surface area is 171 Å². The van der Waals surface area contributed by atoms with Crippen LogP contribution in [0.4, 0.5) is 0 Å². The number of hydrogen-bond acceptors (Lipinski definition) is 4. The van der Waals surface area contributed by atoms with E-state index in [9.17, 15) is 9.59 Å². The molecule has 2 aliphatic carbocycles. The van der Waals surface area contributed by atoms with Crippen LogP contribution in [0.5, 0.6) is 0 Å². The Kier molecular flexibility index (Phi) is 10.5. The number of nitrogens with one attached hydrogen (secondary N) is 1. The quantitative estimate of drug-likeness (QED) is 0.534. The van der Waals surface area contributed by atoms with Gasteiger partial charge in [-0.1, -0.05) is 13.8 Å². The van der Waals surface area contributed by atoms with Crippen LogP contribution >= 0.6 is 0 Å². The number of ketones is 1. The van der Waals surface area contributed by atoms with E-state index in [2.05, 4.69) is 12.2 Å². The highest BCUT2D eigenvalue weighted by molar-refractivity contribution is 5.83. The molecule has 2 saturated carbocycles. The predicted octanol–water partition coefficient (Wildman–Crippen LogP) is 4.14. The van der Waals surface area contributed by atoms with Crippen LogP contribution in [0, 0.1) is 23.7 Å². The number of carbonyl (C=O) groups is 2. The summed E-state index contributed by atoms with van der Waals surface area (Å²) in [5, 5.41) is 3.13. The van der Waals surface area contributed by atoms with Crippen LogP contribution in [0.2, 0.25) is 0 Å². The van der Waals surface area contributed by atoms with Crippen molar-refractivity contribution in [2.75, 3.05) is 26.4 Å². The zero-order valence-electron chi connectivity index (χ0n) is 18.2. The van der Waals surface area contributed by atoms with E-state index in [-0.39, 0.29) is 23.8 Å². The van der Waals surface area contributed by atoms with E-state index in [1.807, 2.05) is 13.8 Å². The molecule has 0 atom stereocenters. The van der Waals surface area contributed by atoms with Crippen molar-refractivity contribution in [3.05, 3.63) is 0 Å². The molecule has 0 aromatic rings. The van der Waals surface area contributed by atoms with E-state index in [4.69, 9.17) is 9.47 Å². The van der Waals surface area contributed by atoms with Gasteiger partial charge in [0.05, 0.1) is 6.61 Å². The Morgan fingerprint density at radius 2 is 1.46 bits per heavy atom. The Hall–Kier alpha value is -0.940. The molecule has 0 heterocycles. The molecule has 0 unspecified atom stereocenters. The molecule has 0 radical (unpaired) electrons. The van der Waals surface area contributed by atoms with Crippen molar-refractivity contribution in [2.45, 2.75) is 84.6 Å². The van der Waals surface area contributed by atoms with E-state index in [1.165, 1.54) is 25.7 Å². The third kappa shape index (κ3) is 8.20. The number of carbonyl (C=O) groups excluding carboxylic acids is 2. The van der Waals surface area contributed by atoms with E-state index < -0.39 is 0 Å². The van der Waals surface area contributed by atoms with Crippen LogP contribution in [-0.4, -0.2) is 44.2 Å². The van der Waals surface area contributed by atoms with Crippen molar-refractivity contribution in [3.8, 4) is 0 Å². The highest BCUT2D eigenvalue weighted by atomic mass is 16.5. The topological polar surface area (TPSA) is 64.6 Å². The number of rotatable bonds is 11. The zero-order chi connectivity index (χ0) is 20.4. The smallest absolute Gasteiger partial charge is 0.222 e. The molecule has 5 heteroatoms. The predicted molar refractivity (Wildman–Crippen MR) is 111 cm³/mol. The molecule has 5 nitrogen and oxygen atoms in total. The van der Waals surface area contributed by atoms with Crippen molar-refractivity contribution in [2.24, 2.45) is 23.7 Å². The maximum absolute atomic E-state index is 12.2. The molecule has 162 valence electrons. The summed E-state index contributed by atoms with van der Waals surface area (Å²) in [7, 11) is 0. The van der Waals surface area contributed by atoms with Crippen LogP contribution in [0.25, 0.3) is 0 Å². The lowest BCUT2D eigenvalue weighted by molar-refractivity contribution is -0.127. The standard InChI is InChI=1S/C23H41NO4/c1-4-27-15-18-5-7-19(8-6-18)16-28-14-13-22(25)24-21-11-9-20(10-12-21)23(26)17(2)3/h17-21H,4-16H2,1-3H3,(H,24,25)/t18-,19-,20-,21-. The van der Waals surface area contributed by atoms with Gasteiger partial charge in [-0.15, -0.1) is 0 Å². The minimum atomic E-state index is 0.0825. The average Bonchev–Trinajstić information content (AvgIpc) is 2.70. The fraction of sp³-hybridized carbons (Fsp3) is 0.913. The van der Waals surface area contributed by atoms with Crippen molar-refractivity contribution >= 4 is 11.7 Å². The molecular weight excluding hydrogens is 354 g/mol. The minimum Gasteiger partial charge on any atom is -0.381 e. The summed E-state index contributed by atoms with van der Waals surface area (Å²) in [5.41, 5.74) is 0. The summed E-state index contributed by atoms with van der Waals surface area (Å²) in [6, 6.07) is 0.226. The Morgan fingerprint density at radius 1 is 0.893 bits per heavy atom. The summed E-state index contributed by atoms with van der Waals surface area (Å²) in [6.07, 6.45) is 8.97. The van der Waals surface area contributed by atoms with Crippen LogP contribution < -0.4 is 5.32 Å². The number of hydrogen-bond donors (Lipinski definition) is 1. The molecule has 0 spiro atoms. The van der Waals surface area contributed by atoms with Gasteiger partial charge in [0.25, 0.3) is 0 Å². The maximum Gasteiger partial charge on any atom is 0.222 e. The minimum absolute atomic E-state index is 0.0825. The summed E-state index contributed by atoms with van der Waals surface area (Å²) in [6.45, 7) is 8.99. The second-order valence-corrected chi connectivity index (χ2v) is 9.04. The Bertz CT molecular complexity index is 463. The van der Waals surface area contributed by atoms with Gasteiger partial charge in [0.2, 0.25) is 5.91 Å². The van der Waals surface area contributed by atoms with Gasteiger partial charge >= 0.3 is 0 Å². The molecule has 1 amide bonds. The van der Waals surface area contributed by atoms with Gasteiger partial charge in [-0.2, -0.15) is 0 Å². The second-order valence-electron chi connectivity index (χ2n) is 9.04. The van der Waals surface area contributed by atoms with Crippen LogP contribution in [0.3, 0.4) is 0 Å². The van der Waals surface area contributed by atoms with Gasteiger partial charge in [-0.05, 0) is 70.1 Å². The lowest BCUT2D eigenvalue weighted by Crippen LogP contribution is -2.39. The molecule has 28 heavy (non-hydrogen) atoms. The summed E-state index contributed by atoms with van der Waals surface area (Å²) in [5.74, 6) is 2.12. The van der Waals surface area contributed by atoms with Gasteiger partial charge in [0, 0.05) is 44.1 Å². The monoisotopic (exact) mass is 395 g/mol. The third-order valence-electron chi connectivity index (χ3n) is 6.41. The molecule has 0 aromatic carbocycles. The fourth-order valence-corrected chi connectivity index (χ4v) is 4.56. The summed E-state index contributed by atoms with van der Waals surface area (Å²) < 4.78 is 11.3. The van der Waals surface area contributed by atoms with Gasteiger partial charge in [-0.3, -0.25) is 9.59 Å². The Balaban J connectivity index is 1.50. The molecular formula is C23H41NO4. The molecule has 0 bridgehead atoms. The van der Waals surface area contributed by atoms with Gasteiger partial charge < -0.3 is 14.8 Å². The first kappa shape index (κ1) is 23.3. The zero-order valence-corrected chi connectivity index (χ0v) is 18.2. The van der Waals surface area contributed by atoms with Crippen molar-refractivity contribution in [1.82, 2.24) is 5.32 Å². The number of Topliss-reactive ketones (excluding diaryl/α,β-unsaturated/α-hetero) is 1. The third-order valence-corrected chi connectivity index (χ3v) is 6.41. The fourth-order valence-electron chi connectivity index (χ4n) is 4.56. The SMILES string of the molecule is CCOC[C@H]1CC[C@H](COCCC(=O)N[C@H]2CC[C@H](C(=O)C(C)C)CC2)CC1. The van der Waals surface area contributed by atoms with Crippen LogP contribution in [0.1, 0.15) is 78.6 Å². The molecule has 0 aromatic heterocycles. The highest BCUT2D eigenvalue weighted by Gasteiger charge is 2.28. The number of amides is 1. The van der Waals surface area contributed by atoms with Crippen LogP contribution in [-0.2, 0) is 19.1 Å². The first-order chi connectivity index (χ1) is 13.5. The van der Waals surface area contributed by atoms with E-state index in [1.54, 1.807) is 0 Å². The van der Waals surface area contributed by atoms with Gasteiger partial charge in [0.15, 0.2) is 0 Å². The van der Waals surface area contributed by atoms with Gasteiger partial charge in [-0.25, -0.2) is 0 Å². The lowest BCUT2D eigenvalue weighted by Gasteiger charge is -2.29. The van der Waals surface area contributed by atoms with E-state index in [0.29, 0.717) is 30.6 Å². The van der Waals surface area contributed by atoms with Crippen molar-refractivity contribution in [3.63, 3.8) is 0 Å². The first-order valence-electron chi connectivity index (χ1n) is 11.5. The van der Waals surface area contributed by atoms with Gasteiger partial charge in [0.1, 0.15) is 5.78 Å². The maximum atomic E-state index is 12.2. The summed E-state index contributed by atoms with van der Waals surface area (Å²) in [4.78, 5) is 24.2. The summed E-state index contributed by atoms with van der Waals surface area (Å²) >= 11 is 0. The lowest BCUT2D eigenvalue weighted by atomic mass is 9.80. The number of ether oxygens (including phenoxy) is 2. The largest absolute Gasteiger partial charge is 0.381 e. The Morgan fingerprint density at radius 3 is 2.00 bits per heavy atom. The normalized spacial score (nSPS) is 28.3. The van der Waals surface area contributed by atoms with E-state index >= 15 is 0 Å². The molecule has 1 N–H and O–H groups in total. The molecule has 0 saturated heterocycles. The second kappa shape index (κ2) is 12.6.